The summed E-state index contributed by atoms with van der Waals surface area (Å²) in [5, 5.41) is 15.9. The van der Waals surface area contributed by atoms with Crippen LogP contribution in [-0.2, 0) is 19.2 Å². The van der Waals surface area contributed by atoms with Crippen molar-refractivity contribution in [1.82, 2.24) is 16.0 Å². The van der Waals surface area contributed by atoms with Crippen LogP contribution in [0.4, 0.5) is 0 Å². The summed E-state index contributed by atoms with van der Waals surface area (Å²) in [5.41, 5.74) is 5.77. The number of aliphatic carboxylic acids is 1. The van der Waals surface area contributed by atoms with Crippen LogP contribution in [0.1, 0.15) is 34.1 Å². The van der Waals surface area contributed by atoms with Crippen molar-refractivity contribution in [3.05, 3.63) is 0 Å². The monoisotopic (exact) mass is 376 g/mol. The third-order valence-corrected chi connectivity index (χ3v) is 3.72. The van der Waals surface area contributed by atoms with Gasteiger partial charge in [0.25, 0.3) is 0 Å². The molecule has 0 bridgehead atoms. The Hall–Kier alpha value is -1.81. The smallest absolute Gasteiger partial charge is 0.325 e. The molecule has 0 aliphatic rings. The zero-order chi connectivity index (χ0) is 19.7. The molecule has 6 N–H and O–H groups in total. The van der Waals surface area contributed by atoms with Gasteiger partial charge >= 0.3 is 5.97 Å². The van der Waals surface area contributed by atoms with Gasteiger partial charge in [0.05, 0.1) is 6.04 Å². The second-order valence-corrected chi connectivity index (χ2v) is 6.64. The number of carbonyl (C=O) groups excluding carboxylic acids is 3. The van der Waals surface area contributed by atoms with Crippen molar-refractivity contribution in [2.24, 2.45) is 11.7 Å². The molecule has 10 heteroatoms. The maximum atomic E-state index is 12.2. The Balaban J connectivity index is 4.65. The Bertz CT molecular complexity index is 500. The molecule has 0 fully saturated rings. The summed E-state index contributed by atoms with van der Waals surface area (Å²) < 4.78 is 0. The molecule has 144 valence electrons. The number of rotatable bonds is 10. The van der Waals surface area contributed by atoms with Gasteiger partial charge in [-0.1, -0.05) is 13.8 Å². The number of carbonyl (C=O) groups is 4. The minimum Gasteiger partial charge on any atom is -0.480 e. The molecule has 0 rings (SSSR count). The molecule has 4 atom stereocenters. The molecule has 0 aromatic heterocycles. The fourth-order valence-corrected chi connectivity index (χ4v) is 2.12. The van der Waals surface area contributed by atoms with Gasteiger partial charge in [-0.05, 0) is 26.2 Å². The van der Waals surface area contributed by atoms with Gasteiger partial charge in [0.2, 0.25) is 17.7 Å². The third-order valence-electron chi connectivity index (χ3n) is 3.36. The lowest BCUT2D eigenvalue weighted by Gasteiger charge is -2.22. The van der Waals surface area contributed by atoms with Crippen molar-refractivity contribution in [3.8, 4) is 0 Å². The van der Waals surface area contributed by atoms with E-state index in [0.717, 1.165) is 0 Å². The number of nitrogens with one attached hydrogen (secondary N) is 3. The second kappa shape index (κ2) is 10.9. The highest BCUT2D eigenvalue weighted by atomic mass is 32.1. The molecule has 4 unspecified atom stereocenters. The summed E-state index contributed by atoms with van der Waals surface area (Å²) in [7, 11) is 0. The van der Waals surface area contributed by atoms with Gasteiger partial charge in [0.1, 0.15) is 18.1 Å². The highest BCUT2D eigenvalue weighted by molar-refractivity contribution is 7.80. The standard InChI is InChI=1S/C15H28N4O5S/c1-7(2)5-10(16)13(21)19-11(6-25)14(22)17-8(3)12(20)18-9(4)15(23)24/h7-11,25H,5-6,16H2,1-4H3,(H,17,22)(H,18,20)(H,19,21)(H,23,24). The summed E-state index contributed by atoms with van der Waals surface area (Å²) in [4.78, 5) is 46.7. The van der Waals surface area contributed by atoms with E-state index in [4.69, 9.17) is 10.8 Å². The van der Waals surface area contributed by atoms with Crippen LogP contribution >= 0.6 is 12.6 Å². The molecule has 0 aliphatic heterocycles. The van der Waals surface area contributed by atoms with Gasteiger partial charge < -0.3 is 26.8 Å². The fraction of sp³-hybridized carbons (Fsp3) is 0.733. The lowest BCUT2D eigenvalue weighted by atomic mass is 10.0. The number of amides is 3. The number of hydrogen-bond acceptors (Lipinski definition) is 6. The second-order valence-electron chi connectivity index (χ2n) is 6.28. The average Bonchev–Trinajstić information content (AvgIpc) is 2.50. The summed E-state index contributed by atoms with van der Waals surface area (Å²) in [6.45, 7) is 6.56. The van der Waals surface area contributed by atoms with E-state index in [1.54, 1.807) is 0 Å². The van der Waals surface area contributed by atoms with Crippen molar-refractivity contribution in [1.29, 1.82) is 0 Å². The van der Waals surface area contributed by atoms with Gasteiger partial charge in [-0.3, -0.25) is 19.2 Å². The van der Waals surface area contributed by atoms with Crippen molar-refractivity contribution >= 4 is 36.3 Å². The normalized spacial score (nSPS) is 15.6. The molecule has 25 heavy (non-hydrogen) atoms. The number of carboxylic acid groups (broad SMARTS) is 1. The summed E-state index contributed by atoms with van der Waals surface area (Å²) in [6.07, 6.45) is 0.471. The van der Waals surface area contributed by atoms with Crippen molar-refractivity contribution in [3.63, 3.8) is 0 Å². The van der Waals surface area contributed by atoms with Crippen molar-refractivity contribution in [2.45, 2.75) is 58.3 Å². The predicted molar refractivity (Wildman–Crippen MR) is 96.1 cm³/mol. The van der Waals surface area contributed by atoms with E-state index in [2.05, 4.69) is 28.6 Å². The zero-order valence-electron chi connectivity index (χ0n) is 14.9. The van der Waals surface area contributed by atoms with Crippen LogP contribution in [-0.4, -0.2) is 58.7 Å². The highest BCUT2D eigenvalue weighted by Crippen LogP contribution is 2.03. The van der Waals surface area contributed by atoms with Gasteiger partial charge in [-0.2, -0.15) is 12.6 Å². The van der Waals surface area contributed by atoms with Gasteiger partial charge in [-0.15, -0.1) is 0 Å². The SMILES string of the molecule is CC(C)CC(N)C(=O)NC(CS)C(=O)NC(C)C(=O)NC(C)C(=O)O. The topological polar surface area (TPSA) is 151 Å². The van der Waals surface area contributed by atoms with Gasteiger partial charge in [-0.25, -0.2) is 0 Å². The average molecular weight is 376 g/mol. The molecule has 0 spiro atoms. The van der Waals surface area contributed by atoms with E-state index < -0.39 is 47.9 Å². The molecule has 3 amide bonds. The predicted octanol–water partition coefficient (Wildman–Crippen LogP) is -1.13. The van der Waals surface area contributed by atoms with E-state index in [1.807, 2.05) is 13.8 Å². The first-order valence-corrected chi connectivity index (χ1v) is 8.63. The van der Waals surface area contributed by atoms with E-state index in [1.165, 1.54) is 13.8 Å². The minimum atomic E-state index is -1.19. The molecule has 0 aromatic carbocycles. The largest absolute Gasteiger partial charge is 0.480 e. The van der Waals surface area contributed by atoms with Crippen LogP contribution in [0.3, 0.4) is 0 Å². The Kier molecular flexibility index (Phi) is 10.1. The first-order chi connectivity index (χ1) is 11.5. The first-order valence-electron chi connectivity index (χ1n) is 7.99. The number of nitrogens with two attached hydrogens (primary N) is 1. The number of carboxylic acids is 1. The fourth-order valence-electron chi connectivity index (χ4n) is 1.87. The van der Waals surface area contributed by atoms with Crippen molar-refractivity contribution in [2.75, 3.05) is 5.75 Å². The number of thiol groups is 1. The van der Waals surface area contributed by atoms with E-state index in [9.17, 15) is 19.2 Å². The highest BCUT2D eigenvalue weighted by Gasteiger charge is 2.26. The van der Waals surface area contributed by atoms with Crippen molar-refractivity contribution < 1.29 is 24.3 Å². The molecule has 0 aromatic rings. The Labute approximate surface area is 152 Å². The summed E-state index contributed by atoms with van der Waals surface area (Å²) in [6, 6.07) is -3.76. The quantitative estimate of drug-likeness (QED) is 0.266. The van der Waals surface area contributed by atoms with Crippen LogP contribution in [0, 0.1) is 5.92 Å². The van der Waals surface area contributed by atoms with E-state index >= 15 is 0 Å². The molecule has 9 nitrogen and oxygen atoms in total. The molecular formula is C15H28N4O5S. The maximum Gasteiger partial charge on any atom is 0.325 e. The molecule has 0 saturated heterocycles. The Morgan fingerprint density at radius 1 is 0.920 bits per heavy atom. The molecule has 0 heterocycles. The van der Waals surface area contributed by atoms with Crippen LogP contribution in [0.15, 0.2) is 0 Å². The molecule has 0 saturated carbocycles. The van der Waals surface area contributed by atoms with Crippen LogP contribution < -0.4 is 21.7 Å². The maximum absolute atomic E-state index is 12.2. The van der Waals surface area contributed by atoms with E-state index in [0.29, 0.717) is 6.42 Å². The van der Waals surface area contributed by atoms with Gasteiger partial charge in [0.15, 0.2) is 0 Å². The minimum absolute atomic E-state index is 0.0197. The van der Waals surface area contributed by atoms with Gasteiger partial charge in [0, 0.05) is 5.75 Å². The Morgan fingerprint density at radius 3 is 1.88 bits per heavy atom. The number of hydrogen-bond donors (Lipinski definition) is 6. The molecule has 0 aliphatic carbocycles. The lowest BCUT2D eigenvalue weighted by molar-refractivity contribution is -0.141. The molecular weight excluding hydrogens is 348 g/mol. The lowest BCUT2D eigenvalue weighted by Crippen LogP contribution is -2.56. The zero-order valence-corrected chi connectivity index (χ0v) is 15.8. The Morgan fingerprint density at radius 2 is 1.44 bits per heavy atom. The first kappa shape index (κ1) is 23.2. The van der Waals surface area contributed by atoms with E-state index in [-0.39, 0.29) is 11.7 Å². The van der Waals surface area contributed by atoms with Crippen LogP contribution in [0.5, 0.6) is 0 Å². The molecule has 0 radical (unpaired) electrons. The van der Waals surface area contributed by atoms with Crippen LogP contribution in [0.25, 0.3) is 0 Å². The summed E-state index contributed by atoms with van der Waals surface area (Å²) in [5.74, 6) is -2.67. The van der Waals surface area contributed by atoms with Crippen LogP contribution in [0.2, 0.25) is 0 Å². The third kappa shape index (κ3) is 8.73. The summed E-state index contributed by atoms with van der Waals surface area (Å²) >= 11 is 4.03.